The van der Waals surface area contributed by atoms with Crippen molar-refractivity contribution in [1.82, 2.24) is 10.2 Å². The van der Waals surface area contributed by atoms with Crippen LogP contribution in [0.2, 0.25) is 0 Å². The highest BCUT2D eigenvalue weighted by Gasteiger charge is 2.18. The monoisotopic (exact) mass is 212 g/mol. The fourth-order valence-electron chi connectivity index (χ4n) is 1.51. The number of rotatable bonds is 5. The predicted molar refractivity (Wildman–Crippen MR) is 56.1 cm³/mol. The molecule has 0 aromatic heterocycles. The Kier molecular flexibility index (Phi) is 4.59. The molecule has 0 radical (unpaired) electrons. The lowest BCUT2D eigenvalue weighted by molar-refractivity contribution is -0.127. The summed E-state index contributed by atoms with van der Waals surface area (Å²) in [6.07, 6.45) is 2.88. The summed E-state index contributed by atoms with van der Waals surface area (Å²) in [5.41, 5.74) is 5.33. The third-order valence-corrected chi connectivity index (χ3v) is 2.25. The van der Waals surface area contributed by atoms with E-state index < -0.39 is 0 Å². The molecule has 0 unspecified atom stereocenters. The van der Waals surface area contributed by atoms with Crippen LogP contribution < -0.4 is 11.1 Å². The predicted octanol–water partition coefficient (Wildman–Crippen LogP) is -0.940. The van der Waals surface area contributed by atoms with Crippen molar-refractivity contribution in [2.45, 2.75) is 19.3 Å². The van der Waals surface area contributed by atoms with Crippen molar-refractivity contribution in [3.63, 3.8) is 0 Å². The van der Waals surface area contributed by atoms with Crippen molar-refractivity contribution in [2.75, 3.05) is 19.6 Å². The van der Waals surface area contributed by atoms with Gasteiger partial charge in [-0.05, 0) is 12.8 Å². The minimum absolute atomic E-state index is 0.123. The van der Waals surface area contributed by atoms with Crippen LogP contribution in [0.5, 0.6) is 0 Å². The number of hydrogen-bond donors (Lipinski definition) is 2. The van der Waals surface area contributed by atoms with Crippen LogP contribution in [0, 0.1) is 0 Å². The number of guanidine groups is 1. The normalized spacial score (nSPS) is 16.9. The maximum atomic E-state index is 11.2. The molecule has 0 aliphatic carbocycles. The second kappa shape index (κ2) is 6.00. The van der Waals surface area contributed by atoms with Crippen LogP contribution >= 0.6 is 0 Å². The third-order valence-electron chi connectivity index (χ3n) is 2.25. The van der Waals surface area contributed by atoms with Gasteiger partial charge in [0.1, 0.15) is 0 Å². The SMILES string of the molecule is NC(=NCCCN1CCCC1=O)NC=O. The first-order valence-electron chi connectivity index (χ1n) is 5.02. The van der Waals surface area contributed by atoms with Crippen molar-refractivity contribution in [2.24, 2.45) is 10.7 Å². The Labute approximate surface area is 88.5 Å². The van der Waals surface area contributed by atoms with Crippen molar-refractivity contribution in [3.05, 3.63) is 0 Å². The molecule has 1 aliphatic rings. The van der Waals surface area contributed by atoms with Gasteiger partial charge in [-0.2, -0.15) is 0 Å². The topological polar surface area (TPSA) is 87.8 Å². The van der Waals surface area contributed by atoms with Gasteiger partial charge in [0.2, 0.25) is 12.3 Å². The van der Waals surface area contributed by atoms with Crippen LogP contribution in [0.1, 0.15) is 19.3 Å². The molecule has 1 saturated heterocycles. The van der Waals surface area contributed by atoms with Gasteiger partial charge in [-0.25, -0.2) is 0 Å². The molecular formula is C9H16N4O2. The average molecular weight is 212 g/mol. The standard InChI is InChI=1S/C9H16N4O2/c10-9(12-7-14)11-4-2-6-13-5-1-3-8(13)15/h7H,1-6H2,(H3,10,11,12,14). The summed E-state index contributed by atoms with van der Waals surface area (Å²) in [6.45, 7) is 2.10. The molecule has 15 heavy (non-hydrogen) atoms. The summed E-state index contributed by atoms with van der Waals surface area (Å²) in [7, 11) is 0. The molecule has 0 aromatic rings. The quantitative estimate of drug-likeness (QED) is 0.267. The molecule has 3 N–H and O–H groups in total. The van der Waals surface area contributed by atoms with E-state index in [9.17, 15) is 9.59 Å². The van der Waals surface area contributed by atoms with E-state index in [1.54, 1.807) is 0 Å². The van der Waals surface area contributed by atoms with Gasteiger partial charge in [0.05, 0.1) is 0 Å². The highest BCUT2D eigenvalue weighted by Crippen LogP contribution is 2.09. The molecule has 0 spiro atoms. The minimum Gasteiger partial charge on any atom is -0.370 e. The van der Waals surface area contributed by atoms with Crippen LogP contribution in [-0.4, -0.2) is 42.8 Å². The Morgan fingerprint density at radius 2 is 2.47 bits per heavy atom. The van der Waals surface area contributed by atoms with Gasteiger partial charge in [-0.1, -0.05) is 0 Å². The Balaban J connectivity index is 2.13. The number of amides is 2. The van der Waals surface area contributed by atoms with E-state index >= 15 is 0 Å². The first kappa shape index (κ1) is 11.5. The third kappa shape index (κ3) is 3.97. The maximum Gasteiger partial charge on any atom is 0.222 e. The Bertz CT molecular complexity index is 265. The lowest BCUT2D eigenvalue weighted by Gasteiger charge is -2.13. The Morgan fingerprint density at radius 1 is 1.67 bits per heavy atom. The summed E-state index contributed by atoms with van der Waals surface area (Å²) in [5.74, 6) is 0.343. The molecule has 0 aromatic carbocycles. The van der Waals surface area contributed by atoms with Gasteiger partial charge >= 0.3 is 0 Å². The molecule has 1 heterocycles. The molecule has 6 heteroatoms. The van der Waals surface area contributed by atoms with Crippen LogP contribution in [0.25, 0.3) is 0 Å². The summed E-state index contributed by atoms with van der Waals surface area (Å²) >= 11 is 0. The minimum atomic E-state index is 0.123. The molecule has 0 bridgehead atoms. The van der Waals surface area contributed by atoms with E-state index in [-0.39, 0.29) is 11.9 Å². The summed E-state index contributed by atoms with van der Waals surface area (Å²) in [4.78, 5) is 26.9. The zero-order valence-corrected chi connectivity index (χ0v) is 8.61. The fourth-order valence-corrected chi connectivity index (χ4v) is 1.51. The number of carbonyl (C=O) groups excluding carboxylic acids is 2. The van der Waals surface area contributed by atoms with Crippen molar-refractivity contribution < 1.29 is 9.59 Å². The highest BCUT2D eigenvalue weighted by atomic mass is 16.2. The van der Waals surface area contributed by atoms with Crippen LogP contribution in [0.15, 0.2) is 4.99 Å². The Morgan fingerprint density at radius 3 is 3.07 bits per heavy atom. The Hall–Kier alpha value is -1.59. The van der Waals surface area contributed by atoms with E-state index in [2.05, 4.69) is 10.3 Å². The summed E-state index contributed by atoms with van der Waals surface area (Å²) in [5, 5.41) is 2.25. The van der Waals surface area contributed by atoms with Gasteiger partial charge in [0.25, 0.3) is 0 Å². The number of hydrogen-bond acceptors (Lipinski definition) is 3. The first-order valence-corrected chi connectivity index (χ1v) is 5.02. The number of likely N-dealkylation sites (tertiary alicyclic amines) is 1. The number of nitrogens with zero attached hydrogens (tertiary/aromatic N) is 2. The molecule has 1 fully saturated rings. The zero-order chi connectivity index (χ0) is 11.1. The molecule has 1 rings (SSSR count). The number of nitrogens with one attached hydrogen (secondary N) is 1. The number of nitrogens with two attached hydrogens (primary N) is 1. The van der Waals surface area contributed by atoms with Gasteiger partial charge in [0, 0.05) is 26.1 Å². The lowest BCUT2D eigenvalue weighted by atomic mass is 10.4. The van der Waals surface area contributed by atoms with Gasteiger partial charge in [-0.3, -0.25) is 19.9 Å². The maximum absolute atomic E-state index is 11.2. The molecule has 2 amide bonds. The smallest absolute Gasteiger partial charge is 0.222 e. The summed E-state index contributed by atoms with van der Waals surface area (Å²) in [6, 6.07) is 0. The molecule has 84 valence electrons. The van der Waals surface area contributed by atoms with Crippen LogP contribution in [0.4, 0.5) is 0 Å². The van der Waals surface area contributed by atoms with Crippen molar-refractivity contribution in [3.8, 4) is 0 Å². The zero-order valence-electron chi connectivity index (χ0n) is 8.61. The second-order valence-electron chi connectivity index (χ2n) is 3.37. The molecule has 0 saturated carbocycles. The van der Waals surface area contributed by atoms with Gasteiger partial charge in [0.15, 0.2) is 5.96 Å². The van der Waals surface area contributed by atoms with Crippen molar-refractivity contribution >= 4 is 18.3 Å². The van der Waals surface area contributed by atoms with Gasteiger partial charge < -0.3 is 10.6 Å². The second-order valence-corrected chi connectivity index (χ2v) is 3.37. The van der Waals surface area contributed by atoms with E-state index in [4.69, 9.17) is 5.73 Å². The van der Waals surface area contributed by atoms with Gasteiger partial charge in [-0.15, -0.1) is 0 Å². The molecule has 1 aliphatic heterocycles. The fraction of sp³-hybridized carbons (Fsp3) is 0.667. The van der Waals surface area contributed by atoms with E-state index in [0.717, 1.165) is 25.9 Å². The van der Waals surface area contributed by atoms with Crippen molar-refractivity contribution in [1.29, 1.82) is 0 Å². The van der Waals surface area contributed by atoms with Crippen LogP contribution in [0.3, 0.4) is 0 Å². The first-order chi connectivity index (χ1) is 7.24. The number of carbonyl (C=O) groups is 2. The van der Waals surface area contributed by atoms with E-state index in [1.807, 2.05) is 4.90 Å². The molecular weight excluding hydrogens is 196 g/mol. The largest absolute Gasteiger partial charge is 0.370 e. The van der Waals surface area contributed by atoms with E-state index in [0.29, 0.717) is 19.4 Å². The van der Waals surface area contributed by atoms with E-state index in [1.165, 1.54) is 0 Å². The number of aliphatic imine (C=N–C) groups is 1. The highest BCUT2D eigenvalue weighted by molar-refractivity contribution is 5.87. The summed E-state index contributed by atoms with van der Waals surface area (Å²) < 4.78 is 0. The van der Waals surface area contributed by atoms with Crippen LogP contribution in [-0.2, 0) is 9.59 Å². The lowest BCUT2D eigenvalue weighted by Crippen LogP contribution is -2.31. The molecule has 0 atom stereocenters. The molecule has 6 nitrogen and oxygen atoms in total. The average Bonchev–Trinajstić information content (AvgIpc) is 2.60.